The van der Waals surface area contributed by atoms with E-state index in [4.69, 9.17) is 0 Å². The number of rotatable bonds is 3. The van der Waals surface area contributed by atoms with Crippen LogP contribution in [0, 0.1) is 0 Å². The maximum absolute atomic E-state index is 14.2. The molecular formula is C15H9Br2F5O. The van der Waals surface area contributed by atoms with Crippen LogP contribution in [0.2, 0.25) is 0 Å². The molecule has 0 aliphatic rings. The van der Waals surface area contributed by atoms with E-state index in [1.54, 1.807) is 0 Å². The summed E-state index contributed by atoms with van der Waals surface area (Å²) in [5.41, 5.74) is -4.73. The molecule has 0 fully saturated rings. The molecule has 2 rings (SSSR count). The van der Waals surface area contributed by atoms with Gasteiger partial charge in [-0.2, -0.15) is 22.0 Å². The van der Waals surface area contributed by atoms with Gasteiger partial charge in [0.15, 0.2) is 5.60 Å². The van der Waals surface area contributed by atoms with Gasteiger partial charge in [0.1, 0.15) is 0 Å². The van der Waals surface area contributed by atoms with Crippen molar-refractivity contribution in [3.8, 4) is 0 Å². The third kappa shape index (κ3) is 3.04. The van der Waals surface area contributed by atoms with Gasteiger partial charge >= 0.3 is 12.1 Å². The first-order chi connectivity index (χ1) is 10.5. The molecule has 2 aromatic rings. The topological polar surface area (TPSA) is 20.2 Å². The van der Waals surface area contributed by atoms with Crippen LogP contribution in [0.25, 0.3) is 0 Å². The van der Waals surface area contributed by atoms with Gasteiger partial charge in [-0.15, -0.1) is 0 Å². The van der Waals surface area contributed by atoms with Crippen molar-refractivity contribution in [2.75, 3.05) is 0 Å². The van der Waals surface area contributed by atoms with Gasteiger partial charge in [-0.3, -0.25) is 0 Å². The van der Waals surface area contributed by atoms with Gasteiger partial charge in [-0.25, -0.2) is 0 Å². The third-order valence-corrected chi connectivity index (χ3v) is 4.56. The van der Waals surface area contributed by atoms with Crippen molar-refractivity contribution in [1.82, 2.24) is 0 Å². The molecule has 1 unspecified atom stereocenters. The van der Waals surface area contributed by atoms with Crippen LogP contribution in [0.4, 0.5) is 22.0 Å². The van der Waals surface area contributed by atoms with Crippen molar-refractivity contribution < 1.29 is 27.1 Å². The second-order valence-corrected chi connectivity index (χ2v) is 6.54. The van der Waals surface area contributed by atoms with Gasteiger partial charge in [0.25, 0.3) is 0 Å². The predicted octanol–water partition coefficient (Wildman–Crippen LogP) is 5.65. The standard InChI is InChI=1S/C15H9Br2F5O/c16-10-7-5-9(6-8-10)13(23,14(18,19)15(20,21)22)11-3-1-2-4-12(11)17/h1-8,23H. The van der Waals surface area contributed by atoms with Crippen LogP contribution in [0.15, 0.2) is 57.5 Å². The number of hydrogen-bond donors (Lipinski definition) is 1. The summed E-state index contributed by atoms with van der Waals surface area (Å²) in [4.78, 5) is 0. The molecule has 0 bridgehead atoms. The van der Waals surface area contributed by atoms with Crippen molar-refractivity contribution in [2.45, 2.75) is 17.7 Å². The van der Waals surface area contributed by atoms with E-state index in [-0.39, 0.29) is 4.47 Å². The Morgan fingerprint density at radius 2 is 1.30 bits per heavy atom. The third-order valence-electron chi connectivity index (χ3n) is 3.34. The van der Waals surface area contributed by atoms with Crippen molar-refractivity contribution in [2.24, 2.45) is 0 Å². The van der Waals surface area contributed by atoms with E-state index < -0.39 is 28.8 Å². The lowest BCUT2D eigenvalue weighted by molar-refractivity contribution is -0.336. The molecule has 8 heteroatoms. The quantitative estimate of drug-likeness (QED) is 0.588. The lowest BCUT2D eigenvalue weighted by Crippen LogP contribution is -2.55. The van der Waals surface area contributed by atoms with Gasteiger partial charge in [-0.1, -0.05) is 62.2 Å². The summed E-state index contributed by atoms with van der Waals surface area (Å²) in [7, 11) is 0. The van der Waals surface area contributed by atoms with Crippen molar-refractivity contribution in [3.63, 3.8) is 0 Å². The largest absolute Gasteiger partial charge is 0.457 e. The van der Waals surface area contributed by atoms with Crippen LogP contribution in [-0.2, 0) is 5.60 Å². The molecule has 124 valence electrons. The Bertz CT molecular complexity index is 700. The van der Waals surface area contributed by atoms with E-state index in [0.29, 0.717) is 4.47 Å². The molecule has 0 amide bonds. The average Bonchev–Trinajstić information content (AvgIpc) is 2.46. The maximum Gasteiger partial charge on any atom is 0.457 e. The van der Waals surface area contributed by atoms with Crippen LogP contribution < -0.4 is 0 Å². The van der Waals surface area contributed by atoms with Gasteiger partial charge in [0.05, 0.1) is 0 Å². The van der Waals surface area contributed by atoms with E-state index >= 15 is 0 Å². The molecular weight excluding hydrogens is 451 g/mol. The van der Waals surface area contributed by atoms with Crippen molar-refractivity contribution in [1.29, 1.82) is 0 Å². The molecule has 0 aliphatic carbocycles. The molecule has 0 aliphatic heterocycles. The maximum atomic E-state index is 14.2. The molecule has 1 atom stereocenters. The van der Waals surface area contributed by atoms with Crippen LogP contribution in [-0.4, -0.2) is 17.2 Å². The fraction of sp³-hybridized carbons (Fsp3) is 0.200. The first-order valence-corrected chi connectivity index (χ1v) is 7.78. The zero-order valence-electron chi connectivity index (χ0n) is 11.2. The van der Waals surface area contributed by atoms with Gasteiger partial charge in [0.2, 0.25) is 0 Å². The van der Waals surface area contributed by atoms with Crippen LogP contribution in [0.5, 0.6) is 0 Å². The molecule has 0 saturated heterocycles. The van der Waals surface area contributed by atoms with E-state index in [9.17, 15) is 27.1 Å². The van der Waals surface area contributed by atoms with Gasteiger partial charge < -0.3 is 5.11 Å². The first-order valence-electron chi connectivity index (χ1n) is 6.20. The summed E-state index contributed by atoms with van der Waals surface area (Å²) >= 11 is 6.01. The predicted molar refractivity (Wildman–Crippen MR) is 82.3 cm³/mol. The zero-order chi connectivity index (χ0) is 17.5. The normalized spacial score (nSPS) is 15.3. The number of aliphatic hydroxyl groups is 1. The second kappa shape index (κ2) is 6.14. The Morgan fingerprint density at radius 1 is 0.783 bits per heavy atom. The monoisotopic (exact) mass is 458 g/mol. The van der Waals surface area contributed by atoms with Crippen LogP contribution in [0.1, 0.15) is 11.1 Å². The fourth-order valence-corrected chi connectivity index (χ4v) is 2.99. The van der Waals surface area contributed by atoms with Gasteiger partial charge in [0, 0.05) is 14.5 Å². The lowest BCUT2D eigenvalue weighted by atomic mass is 9.80. The molecule has 0 saturated carbocycles. The molecule has 0 spiro atoms. The van der Waals surface area contributed by atoms with Crippen molar-refractivity contribution in [3.05, 3.63) is 68.6 Å². The molecule has 0 heterocycles. The van der Waals surface area contributed by atoms with Crippen LogP contribution >= 0.6 is 31.9 Å². The van der Waals surface area contributed by atoms with E-state index in [1.165, 1.54) is 30.3 Å². The highest BCUT2D eigenvalue weighted by molar-refractivity contribution is 9.10. The smallest absolute Gasteiger partial charge is 0.374 e. The minimum atomic E-state index is -5.94. The summed E-state index contributed by atoms with van der Waals surface area (Å²) < 4.78 is 67.8. The first kappa shape index (κ1) is 18.4. The molecule has 1 N–H and O–H groups in total. The highest BCUT2D eigenvalue weighted by Crippen LogP contribution is 2.53. The zero-order valence-corrected chi connectivity index (χ0v) is 14.4. The highest BCUT2D eigenvalue weighted by atomic mass is 79.9. The second-order valence-electron chi connectivity index (χ2n) is 4.77. The minimum absolute atomic E-state index is 0.0608. The summed E-state index contributed by atoms with van der Waals surface area (Å²) in [6.07, 6.45) is -5.94. The Kier molecular flexibility index (Phi) is 4.90. The summed E-state index contributed by atoms with van der Waals surface area (Å²) in [6, 6.07) is 9.62. The Labute approximate surface area is 145 Å². The lowest BCUT2D eigenvalue weighted by Gasteiger charge is -2.38. The number of benzene rings is 2. The SMILES string of the molecule is OC(c1ccc(Br)cc1)(c1ccccc1Br)C(F)(F)C(F)(F)F. The Hall–Kier alpha value is -0.990. The summed E-state index contributed by atoms with van der Waals surface area (Å²) in [6.45, 7) is 0. The summed E-state index contributed by atoms with van der Waals surface area (Å²) in [5, 5.41) is 10.6. The fourth-order valence-electron chi connectivity index (χ4n) is 2.16. The Balaban J connectivity index is 2.80. The number of halogens is 7. The van der Waals surface area contributed by atoms with E-state index in [0.717, 1.165) is 18.2 Å². The van der Waals surface area contributed by atoms with Gasteiger partial charge in [-0.05, 0) is 23.8 Å². The highest BCUT2D eigenvalue weighted by Gasteiger charge is 2.71. The number of alkyl halides is 5. The molecule has 2 aromatic carbocycles. The molecule has 0 aromatic heterocycles. The van der Waals surface area contributed by atoms with E-state index in [1.807, 2.05) is 0 Å². The van der Waals surface area contributed by atoms with Crippen molar-refractivity contribution >= 4 is 31.9 Å². The average molecular weight is 460 g/mol. The molecule has 1 nitrogen and oxygen atoms in total. The molecule has 0 radical (unpaired) electrons. The van der Waals surface area contributed by atoms with Crippen LogP contribution in [0.3, 0.4) is 0 Å². The summed E-state index contributed by atoms with van der Waals surface area (Å²) in [5.74, 6) is -5.41. The Morgan fingerprint density at radius 3 is 1.78 bits per heavy atom. The molecule has 23 heavy (non-hydrogen) atoms. The van der Waals surface area contributed by atoms with E-state index in [2.05, 4.69) is 31.9 Å². The number of hydrogen-bond acceptors (Lipinski definition) is 1. The minimum Gasteiger partial charge on any atom is -0.374 e.